The standard InChI is InChI=1S/C13H14O3/c14-10-11-3-5-13(6-4-11)16-9-7-12-2-1-8-15-12/h1-6,8,14H,7,9-10H2. The number of hydrogen-bond acceptors (Lipinski definition) is 3. The van der Waals surface area contributed by atoms with Crippen LogP contribution in [0.2, 0.25) is 0 Å². The zero-order valence-electron chi connectivity index (χ0n) is 8.93. The van der Waals surface area contributed by atoms with E-state index in [4.69, 9.17) is 14.3 Å². The van der Waals surface area contributed by atoms with Gasteiger partial charge in [-0.2, -0.15) is 0 Å². The van der Waals surface area contributed by atoms with Crippen molar-refractivity contribution >= 4 is 0 Å². The first-order valence-corrected chi connectivity index (χ1v) is 5.23. The molecule has 3 heteroatoms. The molecule has 0 fully saturated rings. The molecule has 2 rings (SSSR count). The third-order valence-electron chi connectivity index (χ3n) is 2.30. The molecule has 1 N–H and O–H groups in total. The van der Waals surface area contributed by atoms with Crippen molar-refractivity contribution in [2.45, 2.75) is 13.0 Å². The minimum absolute atomic E-state index is 0.0622. The second-order valence-electron chi connectivity index (χ2n) is 3.48. The molecule has 0 radical (unpaired) electrons. The van der Waals surface area contributed by atoms with E-state index < -0.39 is 0 Å². The molecule has 3 nitrogen and oxygen atoms in total. The zero-order chi connectivity index (χ0) is 11.2. The smallest absolute Gasteiger partial charge is 0.119 e. The van der Waals surface area contributed by atoms with Gasteiger partial charge < -0.3 is 14.3 Å². The van der Waals surface area contributed by atoms with E-state index in [0.717, 1.165) is 23.5 Å². The van der Waals surface area contributed by atoms with Crippen molar-refractivity contribution in [3.8, 4) is 5.75 Å². The lowest BCUT2D eigenvalue weighted by Gasteiger charge is -2.05. The first-order valence-electron chi connectivity index (χ1n) is 5.23. The quantitative estimate of drug-likeness (QED) is 0.837. The molecule has 84 valence electrons. The zero-order valence-corrected chi connectivity index (χ0v) is 8.93. The lowest BCUT2D eigenvalue weighted by molar-refractivity contribution is 0.281. The minimum Gasteiger partial charge on any atom is -0.493 e. The molecular weight excluding hydrogens is 204 g/mol. The molecule has 16 heavy (non-hydrogen) atoms. The average molecular weight is 218 g/mol. The Morgan fingerprint density at radius 1 is 1.12 bits per heavy atom. The highest BCUT2D eigenvalue weighted by Gasteiger charge is 1.97. The van der Waals surface area contributed by atoms with E-state index in [1.165, 1.54) is 0 Å². The molecule has 0 aliphatic rings. The van der Waals surface area contributed by atoms with E-state index in [9.17, 15) is 0 Å². The fourth-order valence-corrected chi connectivity index (χ4v) is 1.42. The number of rotatable bonds is 5. The molecule has 0 aliphatic carbocycles. The number of aliphatic hydroxyl groups is 1. The van der Waals surface area contributed by atoms with Gasteiger partial charge >= 0.3 is 0 Å². The van der Waals surface area contributed by atoms with Crippen LogP contribution in [0.3, 0.4) is 0 Å². The van der Waals surface area contributed by atoms with Gasteiger partial charge in [0.05, 0.1) is 19.5 Å². The SMILES string of the molecule is OCc1ccc(OCCc2ccco2)cc1. The van der Waals surface area contributed by atoms with Gasteiger partial charge in [-0.05, 0) is 29.8 Å². The van der Waals surface area contributed by atoms with E-state index in [0.29, 0.717) is 6.61 Å². The Balaban J connectivity index is 1.81. The summed E-state index contributed by atoms with van der Waals surface area (Å²) in [6.07, 6.45) is 2.42. The summed E-state index contributed by atoms with van der Waals surface area (Å²) in [7, 11) is 0. The number of furan rings is 1. The van der Waals surface area contributed by atoms with Gasteiger partial charge in [0.2, 0.25) is 0 Å². The van der Waals surface area contributed by atoms with E-state index in [1.807, 2.05) is 36.4 Å². The third-order valence-corrected chi connectivity index (χ3v) is 2.30. The molecule has 0 unspecified atom stereocenters. The van der Waals surface area contributed by atoms with E-state index in [-0.39, 0.29) is 6.61 Å². The fourth-order valence-electron chi connectivity index (χ4n) is 1.42. The molecule has 0 spiro atoms. The number of ether oxygens (including phenoxy) is 1. The van der Waals surface area contributed by atoms with Gasteiger partial charge in [-0.1, -0.05) is 12.1 Å². The van der Waals surface area contributed by atoms with Gasteiger partial charge in [0.15, 0.2) is 0 Å². The molecule has 0 saturated carbocycles. The van der Waals surface area contributed by atoms with Crippen LogP contribution in [0, 0.1) is 0 Å². The normalized spacial score (nSPS) is 10.3. The first kappa shape index (κ1) is 10.8. The molecule has 0 aliphatic heterocycles. The van der Waals surface area contributed by atoms with E-state index in [1.54, 1.807) is 6.26 Å². The van der Waals surface area contributed by atoms with Gasteiger partial charge in [0, 0.05) is 6.42 Å². The summed E-state index contributed by atoms with van der Waals surface area (Å²) in [5.74, 6) is 1.73. The van der Waals surface area contributed by atoms with Crippen LogP contribution in [-0.2, 0) is 13.0 Å². The second-order valence-corrected chi connectivity index (χ2v) is 3.48. The van der Waals surface area contributed by atoms with E-state index >= 15 is 0 Å². The third kappa shape index (κ3) is 2.87. The molecule has 1 aromatic carbocycles. The van der Waals surface area contributed by atoms with Crippen molar-refractivity contribution < 1.29 is 14.3 Å². The molecule has 0 atom stereocenters. The Labute approximate surface area is 94.3 Å². The van der Waals surface area contributed by atoms with Crippen LogP contribution >= 0.6 is 0 Å². The lowest BCUT2D eigenvalue weighted by atomic mass is 10.2. The maximum absolute atomic E-state index is 8.88. The van der Waals surface area contributed by atoms with Crippen LogP contribution < -0.4 is 4.74 Å². The highest BCUT2D eigenvalue weighted by Crippen LogP contribution is 2.12. The molecule has 0 bridgehead atoms. The number of aliphatic hydroxyl groups excluding tert-OH is 1. The van der Waals surface area contributed by atoms with Gasteiger partial charge in [0.25, 0.3) is 0 Å². The van der Waals surface area contributed by atoms with E-state index in [2.05, 4.69) is 0 Å². The van der Waals surface area contributed by atoms with Crippen molar-refractivity contribution in [3.63, 3.8) is 0 Å². The summed E-state index contributed by atoms with van der Waals surface area (Å²) in [6.45, 7) is 0.651. The summed E-state index contributed by atoms with van der Waals surface area (Å²) >= 11 is 0. The Morgan fingerprint density at radius 3 is 2.56 bits per heavy atom. The maximum Gasteiger partial charge on any atom is 0.119 e. The topological polar surface area (TPSA) is 42.6 Å². The predicted molar refractivity (Wildman–Crippen MR) is 60.3 cm³/mol. The number of benzene rings is 1. The van der Waals surface area contributed by atoms with Gasteiger partial charge in [-0.25, -0.2) is 0 Å². The minimum atomic E-state index is 0.0622. The highest BCUT2D eigenvalue weighted by atomic mass is 16.5. The highest BCUT2D eigenvalue weighted by molar-refractivity contribution is 5.26. The predicted octanol–water partition coefficient (Wildman–Crippen LogP) is 2.39. The molecule has 1 aromatic heterocycles. The molecular formula is C13H14O3. The van der Waals surface area contributed by atoms with Crippen LogP contribution in [0.25, 0.3) is 0 Å². The van der Waals surface area contributed by atoms with Crippen LogP contribution in [0.4, 0.5) is 0 Å². The van der Waals surface area contributed by atoms with Crippen molar-refractivity contribution in [3.05, 3.63) is 54.0 Å². The largest absolute Gasteiger partial charge is 0.493 e. The summed E-state index contributed by atoms with van der Waals surface area (Å²) in [5, 5.41) is 8.88. The molecule has 2 aromatic rings. The van der Waals surface area contributed by atoms with Crippen molar-refractivity contribution in [1.29, 1.82) is 0 Å². The average Bonchev–Trinajstić information content (AvgIpc) is 2.83. The Bertz CT molecular complexity index is 403. The van der Waals surface area contributed by atoms with Crippen molar-refractivity contribution in [1.82, 2.24) is 0 Å². The summed E-state index contributed by atoms with van der Waals surface area (Å²) in [4.78, 5) is 0. The first-order chi connectivity index (χ1) is 7.88. The van der Waals surface area contributed by atoms with Crippen molar-refractivity contribution in [2.75, 3.05) is 6.61 Å². The van der Waals surface area contributed by atoms with Gasteiger partial charge in [-0.3, -0.25) is 0 Å². The van der Waals surface area contributed by atoms with Gasteiger partial charge in [0.1, 0.15) is 11.5 Å². The molecule has 0 amide bonds. The van der Waals surface area contributed by atoms with Crippen LogP contribution in [0.5, 0.6) is 5.75 Å². The second kappa shape index (κ2) is 5.37. The van der Waals surface area contributed by atoms with Crippen LogP contribution in [-0.4, -0.2) is 11.7 Å². The monoisotopic (exact) mass is 218 g/mol. The summed E-state index contributed by atoms with van der Waals surface area (Å²) in [6, 6.07) is 11.2. The van der Waals surface area contributed by atoms with Crippen LogP contribution in [0.15, 0.2) is 47.1 Å². The maximum atomic E-state index is 8.88. The Hall–Kier alpha value is -1.74. The molecule has 1 heterocycles. The molecule has 0 saturated heterocycles. The Kier molecular flexibility index (Phi) is 3.62. The van der Waals surface area contributed by atoms with Crippen molar-refractivity contribution in [2.24, 2.45) is 0 Å². The fraction of sp³-hybridized carbons (Fsp3) is 0.231. The Morgan fingerprint density at radius 2 is 1.94 bits per heavy atom. The lowest BCUT2D eigenvalue weighted by Crippen LogP contribution is -2.00. The van der Waals surface area contributed by atoms with Gasteiger partial charge in [-0.15, -0.1) is 0 Å². The summed E-state index contributed by atoms with van der Waals surface area (Å²) in [5.41, 5.74) is 0.887. The summed E-state index contributed by atoms with van der Waals surface area (Å²) < 4.78 is 10.7. The number of hydrogen-bond donors (Lipinski definition) is 1. The van der Waals surface area contributed by atoms with Crippen LogP contribution in [0.1, 0.15) is 11.3 Å².